The number of carbonyl (C=O) groups is 1. The summed E-state index contributed by atoms with van der Waals surface area (Å²) in [5, 5.41) is 6.69. The fourth-order valence-electron chi connectivity index (χ4n) is 2.68. The lowest BCUT2D eigenvalue weighted by atomic mass is 10.2. The van der Waals surface area contributed by atoms with Gasteiger partial charge in [-0.25, -0.2) is 4.99 Å². The van der Waals surface area contributed by atoms with Crippen LogP contribution < -0.4 is 15.4 Å². The molecule has 0 aliphatic heterocycles. The topological polar surface area (TPSA) is 66.0 Å². The molecule has 0 bridgehead atoms. The number of benzene rings is 1. The second-order valence-corrected chi connectivity index (χ2v) is 6.67. The number of halogens is 1. The van der Waals surface area contributed by atoms with Crippen LogP contribution in [0.25, 0.3) is 0 Å². The van der Waals surface area contributed by atoms with Gasteiger partial charge in [-0.1, -0.05) is 30.5 Å². The molecule has 2 rings (SSSR count). The van der Waals surface area contributed by atoms with Gasteiger partial charge in [0.15, 0.2) is 5.96 Å². The van der Waals surface area contributed by atoms with Gasteiger partial charge in [-0.05, 0) is 31.9 Å². The first-order chi connectivity index (χ1) is 12.0. The Morgan fingerprint density at radius 3 is 2.50 bits per heavy atom. The minimum atomic E-state index is -0.0107. The second-order valence-electron chi connectivity index (χ2n) is 6.67. The predicted octanol–water partition coefficient (Wildman–Crippen LogP) is 2.56. The Hall–Kier alpha value is -1.51. The van der Waals surface area contributed by atoms with Crippen LogP contribution in [0.2, 0.25) is 0 Å². The first-order valence-corrected chi connectivity index (χ1v) is 8.99. The summed E-state index contributed by atoms with van der Waals surface area (Å²) >= 11 is 0. The Labute approximate surface area is 173 Å². The third-order valence-electron chi connectivity index (χ3n) is 4.25. The van der Waals surface area contributed by atoms with Crippen LogP contribution in [0.4, 0.5) is 0 Å². The maximum Gasteiger partial charge on any atom is 0.243 e. The van der Waals surface area contributed by atoms with Gasteiger partial charge in [-0.2, -0.15) is 0 Å². The van der Waals surface area contributed by atoms with Gasteiger partial charge in [0.05, 0.1) is 6.54 Å². The van der Waals surface area contributed by atoms with Gasteiger partial charge in [-0.3, -0.25) is 4.79 Å². The van der Waals surface area contributed by atoms with Crippen molar-refractivity contribution in [1.82, 2.24) is 15.5 Å². The van der Waals surface area contributed by atoms with E-state index in [0.717, 1.165) is 18.6 Å². The molecule has 0 spiro atoms. The number of guanidine groups is 1. The Kier molecular flexibility index (Phi) is 10.4. The van der Waals surface area contributed by atoms with Crippen molar-refractivity contribution >= 4 is 35.8 Å². The summed E-state index contributed by atoms with van der Waals surface area (Å²) in [6, 6.07) is 8.45. The average Bonchev–Trinajstić information content (AvgIpc) is 3.10. The highest BCUT2D eigenvalue weighted by Crippen LogP contribution is 2.17. The lowest BCUT2D eigenvalue weighted by molar-refractivity contribution is -0.127. The van der Waals surface area contributed by atoms with Gasteiger partial charge in [0.1, 0.15) is 18.9 Å². The summed E-state index contributed by atoms with van der Waals surface area (Å²) in [5.74, 6) is 1.54. The summed E-state index contributed by atoms with van der Waals surface area (Å²) in [7, 11) is 3.48. The van der Waals surface area contributed by atoms with Gasteiger partial charge in [0.25, 0.3) is 0 Å². The molecule has 26 heavy (non-hydrogen) atoms. The van der Waals surface area contributed by atoms with Gasteiger partial charge in [-0.15, -0.1) is 24.0 Å². The first-order valence-electron chi connectivity index (χ1n) is 8.99. The van der Waals surface area contributed by atoms with Crippen LogP contribution in [0.1, 0.15) is 31.2 Å². The Morgan fingerprint density at radius 2 is 1.88 bits per heavy atom. The monoisotopic (exact) mass is 474 g/mol. The lowest BCUT2D eigenvalue weighted by Crippen LogP contribution is -2.44. The number of hydrogen-bond acceptors (Lipinski definition) is 3. The largest absolute Gasteiger partial charge is 0.492 e. The average molecular weight is 474 g/mol. The van der Waals surface area contributed by atoms with Crippen molar-refractivity contribution in [3.63, 3.8) is 0 Å². The normalized spacial score (nSPS) is 14.5. The molecule has 1 fully saturated rings. The zero-order valence-electron chi connectivity index (χ0n) is 16.0. The second kappa shape index (κ2) is 12.0. The summed E-state index contributed by atoms with van der Waals surface area (Å²) in [6.45, 7) is 3.37. The Morgan fingerprint density at radius 1 is 1.23 bits per heavy atom. The number of rotatable bonds is 7. The fraction of sp³-hybridized carbons (Fsp3) is 0.579. The molecule has 0 unspecified atom stereocenters. The molecule has 0 atom stereocenters. The number of aryl methyl sites for hydroxylation is 1. The summed E-state index contributed by atoms with van der Waals surface area (Å²) < 4.78 is 5.72. The van der Waals surface area contributed by atoms with E-state index in [2.05, 4.69) is 22.5 Å². The maximum absolute atomic E-state index is 11.8. The molecule has 6 nitrogen and oxygen atoms in total. The van der Waals surface area contributed by atoms with Crippen LogP contribution in [-0.2, 0) is 4.79 Å². The van der Waals surface area contributed by atoms with Crippen LogP contribution in [0, 0.1) is 6.92 Å². The smallest absolute Gasteiger partial charge is 0.243 e. The van der Waals surface area contributed by atoms with Crippen molar-refractivity contribution in [1.29, 1.82) is 0 Å². The van der Waals surface area contributed by atoms with Crippen LogP contribution in [0.3, 0.4) is 0 Å². The van der Waals surface area contributed by atoms with Crippen molar-refractivity contribution < 1.29 is 9.53 Å². The minimum Gasteiger partial charge on any atom is -0.492 e. The van der Waals surface area contributed by atoms with E-state index in [4.69, 9.17) is 4.74 Å². The molecule has 2 N–H and O–H groups in total. The zero-order chi connectivity index (χ0) is 18.1. The van der Waals surface area contributed by atoms with Gasteiger partial charge < -0.3 is 20.3 Å². The lowest BCUT2D eigenvalue weighted by Gasteiger charge is -2.18. The van der Waals surface area contributed by atoms with Crippen molar-refractivity contribution in [2.45, 2.75) is 38.6 Å². The molecule has 0 radical (unpaired) electrons. The number of carbonyl (C=O) groups excluding carboxylic acids is 1. The van der Waals surface area contributed by atoms with Crippen molar-refractivity contribution in [2.24, 2.45) is 4.99 Å². The predicted molar refractivity (Wildman–Crippen MR) is 116 cm³/mol. The van der Waals surface area contributed by atoms with Gasteiger partial charge >= 0.3 is 0 Å². The van der Waals surface area contributed by atoms with E-state index in [-0.39, 0.29) is 36.4 Å². The van der Waals surface area contributed by atoms with E-state index < -0.39 is 0 Å². The van der Waals surface area contributed by atoms with Crippen molar-refractivity contribution in [2.75, 3.05) is 33.8 Å². The van der Waals surface area contributed by atoms with Crippen LogP contribution in [-0.4, -0.2) is 56.6 Å². The molecule has 7 heteroatoms. The minimum absolute atomic E-state index is 0. The van der Waals surface area contributed by atoms with Crippen LogP contribution >= 0.6 is 24.0 Å². The zero-order valence-corrected chi connectivity index (χ0v) is 18.3. The standard InChI is InChI=1S/C19H30N4O2.HI/c1-15-8-10-17(11-9-15)25-13-12-20-19(21-14-18(24)23(2)3)22-16-6-4-5-7-16;/h8-11,16H,4-7,12-14H2,1-3H3,(H2,20,21,22);1H. The third kappa shape index (κ3) is 8.25. The molecular weight excluding hydrogens is 443 g/mol. The fourth-order valence-corrected chi connectivity index (χ4v) is 2.68. The van der Waals surface area contributed by atoms with E-state index >= 15 is 0 Å². The van der Waals surface area contributed by atoms with E-state index in [0.29, 0.717) is 25.2 Å². The first kappa shape index (κ1) is 22.5. The molecule has 1 aromatic rings. The molecule has 1 amide bonds. The van der Waals surface area contributed by atoms with Crippen molar-refractivity contribution in [3.05, 3.63) is 29.8 Å². The number of nitrogens with one attached hydrogen (secondary N) is 2. The number of nitrogens with zero attached hydrogens (tertiary/aromatic N) is 2. The van der Waals surface area contributed by atoms with Gasteiger partial charge in [0, 0.05) is 20.1 Å². The van der Waals surface area contributed by atoms with Crippen molar-refractivity contribution in [3.8, 4) is 5.75 Å². The Bertz CT molecular complexity index is 569. The highest BCUT2D eigenvalue weighted by molar-refractivity contribution is 14.0. The van der Waals surface area contributed by atoms with Crippen LogP contribution in [0.15, 0.2) is 29.3 Å². The number of hydrogen-bond donors (Lipinski definition) is 2. The van der Waals surface area contributed by atoms with E-state index in [9.17, 15) is 4.79 Å². The molecule has 0 saturated heterocycles. The SMILES string of the molecule is Cc1ccc(OCCNC(=NCC(=O)N(C)C)NC2CCCC2)cc1.I. The molecule has 1 aliphatic rings. The van der Waals surface area contributed by atoms with Gasteiger partial charge in [0.2, 0.25) is 5.91 Å². The summed E-state index contributed by atoms with van der Waals surface area (Å²) in [5.41, 5.74) is 1.21. The number of ether oxygens (including phenoxy) is 1. The molecule has 146 valence electrons. The van der Waals surface area contributed by atoms with E-state index in [1.165, 1.54) is 18.4 Å². The highest BCUT2D eigenvalue weighted by atomic mass is 127. The number of likely N-dealkylation sites (N-methyl/N-ethyl adjacent to an activating group) is 1. The number of aliphatic imine (C=N–C) groups is 1. The summed E-state index contributed by atoms with van der Waals surface area (Å²) in [4.78, 5) is 17.7. The third-order valence-corrected chi connectivity index (χ3v) is 4.25. The summed E-state index contributed by atoms with van der Waals surface area (Å²) in [6.07, 6.45) is 4.81. The molecule has 1 aliphatic carbocycles. The quantitative estimate of drug-likeness (QED) is 0.276. The number of amides is 1. The maximum atomic E-state index is 11.8. The molecule has 0 heterocycles. The molecule has 0 aromatic heterocycles. The Balaban J connectivity index is 0.00000338. The molecule has 1 saturated carbocycles. The molecular formula is C19H31IN4O2. The highest BCUT2D eigenvalue weighted by Gasteiger charge is 2.16. The molecule has 1 aromatic carbocycles. The van der Waals surface area contributed by atoms with E-state index in [1.807, 2.05) is 24.3 Å². The van der Waals surface area contributed by atoms with E-state index in [1.54, 1.807) is 19.0 Å². The van der Waals surface area contributed by atoms with Crippen LogP contribution in [0.5, 0.6) is 5.75 Å².